The van der Waals surface area contributed by atoms with Crippen LogP contribution >= 0.6 is 0 Å². The smallest absolute Gasteiger partial charge is 0.259 e. The molecule has 5 nitrogen and oxygen atoms in total. The van der Waals surface area contributed by atoms with Crippen molar-refractivity contribution in [3.05, 3.63) is 76.3 Å². The Bertz CT molecular complexity index is 1070. The molecule has 0 aliphatic carbocycles. The number of carbonyl (C=O) groups is 1. The number of halogens is 1. The van der Waals surface area contributed by atoms with Crippen LogP contribution in [-0.4, -0.2) is 41.6 Å². The fourth-order valence-corrected chi connectivity index (χ4v) is 3.62. The van der Waals surface area contributed by atoms with Crippen LogP contribution in [0.4, 0.5) is 10.1 Å². The van der Waals surface area contributed by atoms with Crippen LogP contribution in [0, 0.1) is 5.82 Å². The summed E-state index contributed by atoms with van der Waals surface area (Å²) in [5, 5.41) is 0.538. The Hall–Kier alpha value is -3.15. The van der Waals surface area contributed by atoms with Crippen LogP contribution in [0.5, 0.6) is 0 Å². The van der Waals surface area contributed by atoms with Crippen molar-refractivity contribution in [1.29, 1.82) is 0 Å². The van der Waals surface area contributed by atoms with Gasteiger partial charge in [-0.25, -0.2) is 4.39 Å². The van der Waals surface area contributed by atoms with Gasteiger partial charge in [0.15, 0.2) is 0 Å². The number of rotatable bonds is 2. The van der Waals surface area contributed by atoms with Gasteiger partial charge in [0.2, 0.25) is 5.43 Å². The summed E-state index contributed by atoms with van der Waals surface area (Å²) in [5.41, 5.74) is 1.27. The molecule has 2 heterocycles. The van der Waals surface area contributed by atoms with E-state index in [-0.39, 0.29) is 22.7 Å². The summed E-state index contributed by atoms with van der Waals surface area (Å²) in [6, 6.07) is 13.9. The highest BCUT2D eigenvalue weighted by atomic mass is 19.1. The van der Waals surface area contributed by atoms with Crippen LogP contribution in [0.1, 0.15) is 10.4 Å². The van der Waals surface area contributed by atoms with E-state index in [2.05, 4.69) is 0 Å². The van der Waals surface area contributed by atoms with Crippen LogP contribution in [0.15, 0.2) is 59.5 Å². The van der Waals surface area contributed by atoms with Gasteiger partial charge in [-0.2, -0.15) is 0 Å². The minimum Gasteiger partial charge on any atom is -0.366 e. The molecule has 4 rings (SSSR count). The second kappa shape index (κ2) is 6.87. The SMILES string of the molecule is Cn1cc(C(=O)N2CCN(c3ccccc3F)CC2)c(=O)c2ccccc21. The highest BCUT2D eigenvalue weighted by Gasteiger charge is 2.25. The van der Waals surface area contributed by atoms with Crippen molar-refractivity contribution in [2.24, 2.45) is 7.05 Å². The van der Waals surface area contributed by atoms with E-state index in [0.717, 1.165) is 5.52 Å². The summed E-state index contributed by atoms with van der Waals surface area (Å²) >= 11 is 0. The highest BCUT2D eigenvalue weighted by molar-refractivity contribution is 5.97. The molecule has 1 aliphatic rings. The molecule has 0 atom stereocenters. The zero-order valence-electron chi connectivity index (χ0n) is 15.1. The lowest BCUT2D eigenvalue weighted by Crippen LogP contribution is -2.49. The average Bonchev–Trinajstić information content (AvgIpc) is 2.71. The molecule has 1 saturated heterocycles. The number of anilines is 1. The quantitative estimate of drug-likeness (QED) is 0.701. The molecular weight excluding hydrogens is 345 g/mol. The molecule has 3 aromatic rings. The van der Waals surface area contributed by atoms with E-state index in [4.69, 9.17) is 0 Å². The van der Waals surface area contributed by atoms with Gasteiger partial charge in [-0.3, -0.25) is 9.59 Å². The van der Waals surface area contributed by atoms with E-state index in [1.54, 1.807) is 46.0 Å². The molecule has 6 heteroatoms. The maximum atomic E-state index is 14.0. The van der Waals surface area contributed by atoms with Gasteiger partial charge in [-0.1, -0.05) is 24.3 Å². The molecular formula is C21H20FN3O2. The molecule has 1 amide bonds. The number of benzene rings is 2. The summed E-state index contributed by atoms with van der Waals surface area (Å²) in [4.78, 5) is 29.3. The third-order valence-electron chi connectivity index (χ3n) is 5.09. The Balaban J connectivity index is 1.57. The van der Waals surface area contributed by atoms with Crippen molar-refractivity contribution < 1.29 is 9.18 Å². The predicted octanol–water partition coefficient (Wildman–Crippen LogP) is 2.64. The van der Waals surface area contributed by atoms with E-state index in [1.807, 2.05) is 24.1 Å². The molecule has 0 radical (unpaired) electrons. The minimum absolute atomic E-state index is 0.176. The number of pyridine rings is 1. The summed E-state index contributed by atoms with van der Waals surface area (Å²) in [6.07, 6.45) is 1.61. The molecule has 2 aromatic carbocycles. The number of para-hydroxylation sites is 2. The number of piperazine rings is 1. The number of hydrogen-bond donors (Lipinski definition) is 0. The van der Waals surface area contributed by atoms with Gasteiger partial charge < -0.3 is 14.4 Å². The number of nitrogens with zero attached hydrogens (tertiary/aromatic N) is 3. The first-order valence-corrected chi connectivity index (χ1v) is 8.93. The molecule has 138 valence electrons. The zero-order valence-corrected chi connectivity index (χ0v) is 15.1. The lowest BCUT2D eigenvalue weighted by atomic mass is 10.1. The lowest BCUT2D eigenvalue weighted by molar-refractivity contribution is 0.0745. The van der Waals surface area contributed by atoms with Gasteiger partial charge in [-0.05, 0) is 24.3 Å². The molecule has 0 N–H and O–H groups in total. The van der Waals surface area contributed by atoms with E-state index < -0.39 is 0 Å². The Morgan fingerprint density at radius 3 is 2.37 bits per heavy atom. The average molecular weight is 365 g/mol. The van der Waals surface area contributed by atoms with Gasteiger partial charge >= 0.3 is 0 Å². The van der Waals surface area contributed by atoms with Gasteiger partial charge in [0.25, 0.3) is 5.91 Å². The number of aryl methyl sites for hydroxylation is 1. The van der Waals surface area contributed by atoms with Crippen molar-refractivity contribution in [1.82, 2.24) is 9.47 Å². The number of fused-ring (bicyclic) bond motifs is 1. The number of hydrogen-bond acceptors (Lipinski definition) is 3. The Morgan fingerprint density at radius 1 is 0.963 bits per heavy atom. The molecule has 1 aromatic heterocycles. The van der Waals surface area contributed by atoms with Crippen molar-refractivity contribution >= 4 is 22.5 Å². The molecule has 0 unspecified atom stereocenters. The van der Waals surface area contributed by atoms with E-state index >= 15 is 0 Å². The first kappa shape index (κ1) is 17.3. The van der Waals surface area contributed by atoms with Crippen LogP contribution in [0.3, 0.4) is 0 Å². The second-order valence-electron chi connectivity index (χ2n) is 6.73. The maximum absolute atomic E-state index is 14.0. The molecule has 0 bridgehead atoms. The van der Waals surface area contributed by atoms with Gasteiger partial charge in [0.1, 0.15) is 11.4 Å². The van der Waals surface area contributed by atoms with Crippen molar-refractivity contribution in [2.45, 2.75) is 0 Å². The Morgan fingerprint density at radius 2 is 1.63 bits per heavy atom. The maximum Gasteiger partial charge on any atom is 0.259 e. The minimum atomic E-state index is -0.269. The molecule has 0 spiro atoms. The summed E-state index contributed by atoms with van der Waals surface area (Å²) in [7, 11) is 1.83. The van der Waals surface area contributed by atoms with E-state index in [1.165, 1.54) is 6.07 Å². The zero-order chi connectivity index (χ0) is 19.0. The normalized spacial score (nSPS) is 14.6. The van der Waals surface area contributed by atoms with Crippen molar-refractivity contribution in [3.63, 3.8) is 0 Å². The fourth-order valence-electron chi connectivity index (χ4n) is 3.62. The van der Waals surface area contributed by atoms with Crippen molar-refractivity contribution in [3.8, 4) is 0 Å². The molecule has 1 fully saturated rings. The van der Waals surface area contributed by atoms with Crippen molar-refractivity contribution in [2.75, 3.05) is 31.1 Å². The largest absolute Gasteiger partial charge is 0.366 e. The summed E-state index contributed by atoms with van der Waals surface area (Å²) in [6.45, 7) is 1.95. The van der Waals surface area contributed by atoms with Crippen LogP contribution < -0.4 is 10.3 Å². The number of amides is 1. The summed E-state index contributed by atoms with van der Waals surface area (Å²) in [5.74, 6) is -0.532. The van der Waals surface area contributed by atoms with Crippen LogP contribution in [0.2, 0.25) is 0 Å². The second-order valence-corrected chi connectivity index (χ2v) is 6.73. The predicted molar refractivity (Wildman–Crippen MR) is 104 cm³/mol. The fraction of sp³-hybridized carbons (Fsp3) is 0.238. The first-order chi connectivity index (χ1) is 13.1. The summed E-state index contributed by atoms with van der Waals surface area (Å²) < 4.78 is 15.8. The number of aromatic nitrogens is 1. The third kappa shape index (κ3) is 3.07. The standard InChI is InChI=1S/C21H20FN3O2/c1-23-14-16(20(26)15-6-2-4-8-18(15)23)21(27)25-12-10-24(11-13-25)19-9-5-3-7-17(19)22/h2-9,14H,10-13H2,1H3. The van der Waals surface area contributed by atoms with Crippen LogP contribution in [0.25, 0.3) is 10.9 Å². The molecule has 1 aliphatic heterocycles. The van der Waals surface area contributed by atoms with E-state index in [0.29, 0.717) is 37.3 Å². The van der Waals surface area contributed by atoms with Gasteiger partial charge in [0, 0.05) is 44.8 Å². The third-order valence-corrected chi connectivity index (χ3v) is 5.09. The first-order valence-electron chi connectivity index (χ1n) is 8.93. The van der Waals surface area contributed by atoms with Gasteiger partial charge in [-0.15, -0.1) is 0 Å². The monoisotopic (exact) mass is 365 g/mol. The molecule has 27 heavy (non-hydrogen) atoms. The highest BCUT2D eigenvalue weighted by Crippen LogP contribution is 2.21. The topological polar surface area (TPSA) is 45.6 Å². The Labute approximate surface area is 156 Å². The lowest BCUT2D eigenvalue weighted by Gasteiger charge is -2.36. The van der Waals surface area contributed by atoms with E-state index in [9.17, 15) is 14.0 Å². The van der Waals surface area contributed by atoms with Crippen LogP contribution in [-0.2, 0) is 7.05 Å². The van der Waals surface area contributed by atoms with Gasteiger partial charge in [0.05, 0.1) is 11.2 Å². The Kier molecular flexibility index (Phi) is 4.39. The molecule has 0 saturated carbocycles. The number of carbonyl (C=O) groups excluding carboxylic acids is 1.